The number of hydrogen-bond acceptors (Lipinski definition) is 3. The smallest absolute Gasteiger partial charge is 0.0786 e. The Bertz CT molecular complexity index is 397. The molecule has 3 nitrogen and oxygen atoms in total. The van der Waals surface area contributed by atoms with E-state index in [1.165, 1.54) is 16.8 Å². The monoisotopic (exact) mass is 187 g/mol. The second-order valence-electron chi connectivity index (χ2n) is 3.78. The number of fused-ring (bicyclic) bond motifs is 3. The summed E-state index contributed by atoms with van der Waals surface area (Å²) in [5, 5.41) is 4.19. The number of benzene rings is 1. The molecule has 1 aromatic rings. The molecule has 14 heavy (non-hydrogen) atoms. The van der Waals surface area contributed by atoms with Crippen molar-refractivity contribution in [2.24, 2.45) is 0 Å². The SMILES string of the molecule is CN1C=C2c3ccccc3CCN2N1. The molecule has 2 aliphatic heterocycles. The molecule has 1 aromatic carbocycles. The fourth-order valence-corrected chi connectivity index (χ4v) is 2.13. The molecule has 3 rings (SSSR count). The van der Waals surface area contributed by atoms with Crippen LogP contribution in [0.25, 0.3) is 5.70 Å². The lowest BCUT2D eigenvalue weighted by Crippen LogP contribution is -2.41. The van der Waals surface area contributed by atoms with Gasteiger partial charge in [0.2, 0.25) is 0 Å². The molecule has 2 heterocycles. The van der Waals surface area contributed by atoms with Crippen molar-refractivity contribution >= 4 is 5.70 Å². The molecule has 1 N–H and O–H groups in total. The van der Waals surface area contributed by atoms with Crippen molar-refractivity contribution in [2.45, 2.75) is 6.42 Å². The van der Waals surface area contributed by atoms with Crippen molar-refractivity contribution in [3.8, 4) is 0 Å². The Kier molecular flexibility index (Phi) is 1.55. The third-order valence-electron chi connectivity index (χ3n) is 2.78. The summed E-state index contributed by atoms with van der Waals surface area (Å²) in [4.78, 5) is 0. The topological polar surface area (TPSA) is 18.5 Å². The average Bonchev–Trinajstić information content (AvgIpc) is 2.59. The van der Waals surface area contributed by atoms with Crippen LogP contribution in [0.5, 0.6) is 0 Å². The molecule has 0 saturated heterocycles. The van der Waals surface area contributed by atoms with E-state index in [0.717, 1.165) is 13.0 Å². The van der Waals surface area contributed by atoms with Gasteiger partial charge in [-0.1, -0.05) is 24.3 Å². The van der Waals surface area contributed by atoms with Crippen LogP contribution in [0.2, 0.25) is 0 Å². The van der Waals surface area contributed by atoms with E-state index in [9.17, 15) is 0 Å². The van der Waals surface area contributed by atoms with Gasteiger partial charge in [0.15, 0.2) is 0 Å². The summed E-state index contributed by atoms with van der Waals surface area (Å²) in [6, 6.07) is 8.61. The predicted molar refractivity (Wildman–Crippen MR) is 55.7 cm³/mol. The number of nitrogens with zero attached hydrogens (tertiary/aromatic N) is 2. The molecule has 0 amide bonds. The third-order valence-corrected chi connectivity index (χ3v) is 2.78. The summed E-state index contributed by atoms with van der Waals surface area (Å²) < 4.78 is 0. The van der Waals surface area contributed by atoms with E-state index >= 15 is 0 Å². The van der Waals surface area contributed by atoms with Gasteiger partial charge in [-0.15, -0.1) is 5.53 Å². The molecule has 0 aromatic heterocycles. The van der Waals surface area contributed by atoms with Gasteiger partial charge >= 0.3 is 0 Å². The molecule has 2 aliphatic rings. The fourth-order valence-electron chi connectivity index (χ4n) is 2.13. The second kappa shape index (κ2) is 2.75. The predicted octanol–water partition coefficient (Wildman–Crippen LogP) is 1.21. The van der Waals surface area contributed by atoms with Crippen LogP contribution in [0.4, 0.5) is 0 Å². The van der Waals surface area contributed by atoms with Crippen LogP contribution in [0.1, 0.15) is 11.1 Å². The number of rotatable bonds is 0. The first-order chi connectivity index (χ1) is 6.84. The summed E-state index contributed by atoms with van der Waals surface area (Å²) in [6.45, 7) is 1.05. The van der Waals surface area contributed by atoms with Crippen molar-refractivity contribution in [3.63, 3.8) is 0 Å². The maximum atomic E-state index is 3.27. The Balaban J connectivity index is 2.12. The van der Waals surface area contributed by atoms with Gasteiger partial charge in [-0.2, -0.15) is 0 Å². The minimum atomic E-state index is 1.05. The molecule has 72 valence electrons. The van der Waals surface area contributed by atoms with Crippen molar-refractivity contribution in [2.75, 3.05) is 13.6 Å². The Morgan fingerprint density at radius 2 is 2.14 bits per heavy atom. The highest BCUT2D eigenvalue weighted by Crippen LogP contribution is 2.29. The second-order valence-corrected chi connectivity index (χ2v) is 3.78. The molecule has 0 fully saturated rings. The first kappa shape index (κ1) is 7.88. The number of hydrazine groups is 2. The van der Waals surface area contributed by atoms with Gasteiger partial charge in [-0.3, -0.25) is 10.0 Å². The van der Waals surface area contributed by atoms with E-state index in [4.69, 9.17) is 0 Å². The van der Waals surface area contributed by atoms with Gasteiger partial charge in [-0.25, -0.2) is 0 Å². The Morgan fingerprint density at radius 1 is 1.29 bits per heavy atom. The summed E-state index contributed by atoms with van der Waals surface area (Å²) in [7, 11) is 2.02. The normalized spacial score (nSPS) is 19.1. The lowest BCUT2D eigenvalue weighted by molar-refractivity contribution is 0.168. The minimum Gasteiger partial charge on any atom is -0.299 e. The lowest BCUT2D eigenvalue weighted by Gasteiger charge is -2.28. The van der Waals surface area contributed by atoms with Gasteiger partial charge in [-0.05, 0) is 12.0 Å². The van der Waals surface area contributed by atoms with Gasteiger partial charge in [0.05, 0.1) is 5.70 Å². The maximum absolute atomic E-state index is 3.27. The molecule has 0 radical (unpaired) electrons. The van der Waals surface area contributed by atoms with E-state index in [-0.39, 0.29) is 0 Å². The summed E-state index contributed by atoms with van der Waals surface area (Å²) in [5.41, 5.74) is 7.37. The molecule has 0 saturated carbocycles. The molecule has 3 heteroatoms. The third kappa shape index (κ3) is 1.02. The van der Waals surface area contributed by atoms with Crippen LogP contribution in [-0.4, -0.2) is 23.6 Å². The molecular formula is C11H13N3. The van der Waals surface area contributed by atoms with E-state index < -0.39 is 0 Å². The van der Waals surface area contributed by atoms with Crippen LogP contribution in [0.3, 0.4) is 0 Å². The minimum absolute atomic E-state index is 1.05. The zero-order valence-corrected chi connectivity index (χ0v) is 8.20. The first-order valence-electron chi connectivity index (χ1n) is 4.91. The Morgan fingerprint density at radius 3 is 3.07 bits per heavy atom. The molecule has 0 aliphatic carbocycles. The van der Waals surface area contributed by atoms with Crippen molar-refractivity contribution < 1.29 is 0 Å². The van der Waals surface area contributed by atoms with Gasteiger partial charge in [0.1, 0.15) is 0 Å². The first-order valence-corrected chi connectivity index (χ1v) is 4.91. The quantitative estimate of drug-likeness (QED) is 0.658. The van der Waals surface area contributed by atoms with Crippen LogP contribution >= 0.6 is 0 Å². The van der Waals surface area contributed by atoms with E-state index in [1.54, 1.807) is 0 Å². The van der Waals surface area contributed by atoms with Crippen molar-refractivity contribution in [1.29, 1.82) is 0 Å². The van der Waals surface area contributed by atoms with E-state index in [1.807, 2.05) is 12.1 Å². The summed E-state index contributed by atoms with van der Waals surface area (Å²) >= 11 is 0. The largest absolute Gasteiger partial charge is 0.299 e. The van der Waals surface area contributed by atoms with Gasteiger partial charge in [0.25, 0.3) is 0 Å². The van der Waals surface area contributed by atoms with Gasteiger partial charge in [0, 0.05) is 25.4 Å². The molecule has 0 spiro atoms. The number of nitrogens with one attached hydrogen (secondary N) is 1. The highest BCUT2D eigenvalue weighted by molar-refractivity contribution is 5.69. The van der Waals surface area contributed by atoms with Crippen LogP contribution in [0, 0.1) is 0 Å². The molecule has 0 bridgehead atoms. The zero-order chi connectivity index (χ0) is 9.54. The van der Waals surface area contributed by atoms with Crippen molar-refractivity contribution in [1.82, 2.24) is 15.6 Å². The average molecular weight is 187 g/mol. The standard InChI is InChI=1S/C11H13N3/c1-13-8-11-10-5-3-2-4-9(10)6-7-14(11)12-13/h2-5,8,12H,6-7H2,1H3. The van der Waals surface area contributed by atoms with Crippen molar-refractivity contribution in [3.05, 3.63) is 41.6 Å². The molecular weight excluding hydrogens is 174 g/mol. The zero-order valence-electron chi connectivity index (χ0n) is 8.20. The number of hydrogen-bond donors (Lipinski definition) is 1. The summed E-state index contributed by atoms with van der Waals surface area (Å²) in [6.07, 6.45) is 3.26. The summed E-state index contributed by atoms with van der Waals surface area (Å²) in [5.74, 6) is 0. The van der Waals surface area contributed by atoms with Crippen LogP contribution in [-0.2, 0) is 6.42 Å². The van der Waals surface area contributed by atoms with Gasteiger partial charge < -0.3 is 0 Å². The molecule has 0 atom stereocenters. The van der Waals surface area contributed by atoms with E-state index in [0.29, 0.717) is 0 Å². The fraction of sp³-hybridized carbons (Fsp3) is 0.273. The van der Waals surface area contributed by atoms with E-state index in [2.05, 4.69) is 41.0 Å². The lowest BCUT2D eigenvalue weighted by atomic mass is 9.98. The highest BCUT2D eigenvalue weighted by Gasteiger charge is 2.25. The molecule has 0 unspecified atom stereocenters. The maximum Gasteiger partial charge on any atom is 0.0786 e. The highest BCUT2D eigenvalue weighted by atomic mass is 15.8. The Labute approximate surface area is 83.6 Å². The van der Waals surface area contributed by atoms with Crippen LogP contribution in [0.15, 0.2) is 30.5 Å². The van der Waals surface area contributed by atoms with Crippen LogP contribution < -0.4 is 5.53 Å². The Hall–Kier alpha value is -1.48.